The minimum Gasteiger partial charge on any atom is -0.469 e. The van der Waals surface area contributed by atoms with Gasteiger partial charge in [0.15, 0.2) is 0 Å². The third-order valence-corrected chi connectivity index (χ3v) is 3.20. The number of hydrogen-bond donors (Lipinski definition) is 1. The molecule has 1 heterocycles. The van der Waals surface area contributed by atoms with Gasteiger partial charge in [0, 0.05) is 12.2 Å². The highest BCUT2D eigenvalue weighted by Crippen LogP contribution is 2.29. The SMILES string of the molecule is COC(=O)CC(CO)N1CCc2ccccc21. The molecule has 17 heavy (non-hydrogen) atoms. The van der Waals surface area contributed by atoms with Crippen molar-refractivity contribution in [2.45, 2.75) is 18.9 Å². The van der Waals surface area contributed by atoms with Crippen LogP contribution in [0.4, 0.5) is 5.69 Å². The van der Waals surface area contributed by atoms with E-state index in [9.17, 15) is 9.90 Å². The summed E-state index contributed by atoms with van der Waals surface area (Å²) < 4.78 is 4.65. The first-order chi connectivity index (χ1) is 8.26. The highest BCUT2D eigenvalue weighted by atomic mass is 16.5. The first-order valence-corrected chi connectivity index (χ1v) is 5.78. The molecule has 1 aliphatic heterocycles. The Balaban J connectivity index is 2.14. The number of ether oxygens (including phenoxy) is 1. The highest BCUT2D eigenvalue weighted by molar-refractivity contribution is 5.71. The Morgan fingerprint density at radius 2 is 2.29 bits per heavy atom. The molecule has 0 aliphatic carbocycles. The lowest BCUT2D eigenvalue weighted by molar-refractivity contribution is -0.141. The first-order valence-electron chi connectivity index (χ1n) is 5.78. The number of carbonyl (C=O) groups is 1. The summed E-state index contributed by atoms with van der Waals surface area (Å²) in [7, 11) is 1.37. The van der Waals surface area contributed by atoms with Crippen LogP contribution in [0.2, 0.25) is 0 Å². The standard InChI is InChI=1S/C13H17NO3/c1-17-13(16)8-11(9-15)14-7-6-10-4-2-3-5-12(10)14/h2-5,11,15H,6-9H2,1H3. The van der Waals surface area contributed by atoms with Gasteiger partial charge in [-0.15, -0.1) is 0 Å². The molecule has 0 spiro atoms. The fourth-order valence-corrected chi connectivity index (χ4v) is 2.29. The average Bonchev–Trinajstić information content (AvgIpc) is 2.79. The molecular weight excluding hydrogens is 218 g/mol. The van der Waals surface area contributed by atoms with E-state index in [1.807, 2.05) is 18.2 Å². The number of benzene rings is 1. The summed E-state index contributed by atoms with van der Waals surface area (Å²) in [5, 5.41) is 9.41. The second kappa shape index (κ2) is 5.19. The van der Waals surface area contributed by atoms with Crippen LogP contribution in [-0.4, -0.2) is 37.4 Å². The summed E-state index contributed by atoms with van der Waals surface area (Å²) in [6.07, 6.45) is 1.19. The number of anilines is 1. The van der Waals surface area contributed by atoms with Crippen molar-refractivity contribution in [1.29, 1.82) is 0 Å². The number of hydrogen-bond acceptors (Lipinski definition) is 4. The second-order valence-corrected chi connectivity index (χ2v) is 4.19. The molecule has 0 aromatic heterocycles. The quantitative estimate of drug-likeness (QED) is 0.790. The van der Waals surface area contributed by atoms with Crippen LogP contribution in [0, 0.1) is 0 Å². The lowest BCUT2D eigenvalue weighted by atomic mass is 10.1. The molecule has 1 atom stereocenters. The van der Waals surface area contributed by atoms with Crippen LogP contribution >= 0.6 is 0 Å². The smallest absolute Gasteiger partial charge is 0.307 e. The van der Waals surface area contributed by atoms with Gasteiger partial charge < -0.3 is 14.7 Å². The minimum absolute atomic E-state index is 0.0383. The van der Waals surface area contributed by atoms with Crippen molar-refractivity contribution >= 4 is 11.7 Å². The Hall–Kier alpha value is -1.55. The number of carbonyl (C=O) groups excluding carboxylic acids is 1. The van der Waals surface area contributed by atoms with Crippen molar-refractivity contribution in [3.8, 4) is 0 Å². The van der Waals surface area contributed by atoms with E-state index >= 15 is 0 Å². The van der Waals surface area contributed by atoms with Gasteiger partial charge in [-0.1, -0.05) is 18.2 Å². The maximum atomic E-state index is 11.3. The van der Waals surface area contributed by atoms with Gasteiger partial charge in [0.25, 0.3) is 0 Å². The Morgan fingerprint density at radius 1 is 1.53 bits per heavy atom. The van der Waals surface area contributed by atoms with Gasteiger partial charge in [-0.3, -0.25) is 4.79 Å². The van der Waals surface area contributed by atoms with Gasteiger partial charge in [-0.25, -0.2) is 0 Å². The molecule has 0 fully saturated rings. The maximum Gasteiger partial charge on any atom is 0.307 e. The Kier molecular flexibility index (Phi) is 3.64. The number of methoxy groups -OCH3 is 1. The van der Waals surface area contributed by atoms with E-state index in [4.69, 9.17) is 0 Å². The molecule has 2 rings (SSSR count). The van der Waals surface area contributed by atoms with Crippen LogP contribution in [0.25, 0.3) is 0 Å². The third kappa shape index (κ3) is 2.42. The van der Waals surface area contributed by atoms with E-state index in [2.05, 4.69) is 15.7 Å². The van der Waals surface area contributed by atoms with E-state index in [1.54, 1.807) is 0 Å². The summed E-state index contributed by atoms with van der Waals surface area (Å²) in [6, 6.07) is 7.91. The molecule has 1 unspecified atom stereocenters. The maximum absolute atomic E-state index is 11.3. The van der Waals surface area contributed by atoms with Crippen LogP contribution in [0.15, 0.2) is 24.3 Å². The topological polar surface area (TPSA) is 49.8 Å². The number of aliphatic hydroxyl groups is 1. The fourth-order valence-electron chi connectivity index (χ4n) is 2.29. The summed E-state index contributed by atoms with van der Waals surface area (Å²) in [4.78, 5) is 13.4. The molecule has 0 bridgehead atoms. The number of fused-ring (bicyclic) bond motifs is 1. The van der Waals surface area contributed by atoms with Crippen molar-refractivity contribution in [1.82, 2.24) is 0 Å². The number of para-hydroxylation sites is 1. The van der Waals surface area contributed by atoms with Crippen molar-refractivity contribution < 1.29 is 14.6 Å². The zero-order chi connectivity index (χ0) is 12.3. The third-order valence-electron chi connectivity index (χ3n) is 3.20. The molecule has 1 aromatic carbocycles. The molecule has 0 amide bonds. The van der Waals surface area contributed by atoms with Crippen LogP contribution in [0.1, 0.15) is 12.0 Å². The first kappa shape index (κ1) is 11.9. The van der Waals surface area contributed by atoms with Gasteiger partial charge in [-0.2, -0.15) is 0 Å². The largest absolute Gasteiger partial charge is 0.469 e. The van der Waals surface area contributed by atoms with E-state index in [0.717, 1.165) is 18.7 Å². The Morgan fingerprint density at radius 3 is 3.00 bits per heavy atom. The van der Waals surface area contributed by atoms with Crippen molar-refractivity contribution in [3.05, 3.63) is 29.8 Å². The normalized spacial score (nSPS) is 15.5. The van der Waals surface area contributed by atoms with E-state index < -0.39 is 0 Å². The van der Waals surface area contributed by atoms with Crippen LogP contribution in [-0.2, 0) is 16.0 Å². The number of esters is 1. The van der Waals surface area contributed by atoms with Crippen molar-refractivity contribution in [2.75, 3.05) is 25.2 Å². The monoisotopic (exact) mass is 235 g/mol. The predicted octanol–water partition coefficient (Wildman–Crippen LogP) is 0.973. The molecule has 1 aliphatic rings. The van der Waals surface area contributed by atoms with Gasteiger partial charge in [0.2, 0.25) is 0 Å². The molecule has 0 saturated carbocycles. The lowest BCUT2D eigenvalue weighted by Gasteiger charge is -2.28. The minimum atomic E-state index is -0.284. The molecule has 0 radical (unpaired) electrons. The fraction of sp³-hybridized carbons (Fsp3) is 0.462. The van der Waals surface area contributed by atoms with Crippen molar-refractivity contribution in [2.24, 2.45) is 0 Å². The molecular formula is C13H17NO3. The highest BCUT2D eigenvalue weighted by Gasteiger charge is 2.27. The van der Waals surface area contributed by atoms with Gasteiger partial charge in [0.05, 0.1) is 26.2 Å². The summed E-state index contributed by atoms with van der Waals surface area (Å²) >= 11 is 0. The second-order valence-electron chi connectivity index (χ2n) is 4.19. The molecule has 4 heteroatoms. The molecule has 92 valence electrons. The van der Waals surface area contributed by atoms with Gasteiger partial charge in [0.1, 0.15) is 0 Å². The predicted molar refractivity (Wildman–Crippen MR) is 65.0 cm³/mol. The summed E-state index contributed by atoms with van der Waals surface area (Å²) in [5.74, 6) is -0.284. The molecule has 0 saturated heterocycles. The summed E-state index contributed by atoms with van der Waals surface area (Å²) in [5.41, 5.74) is 2.39. The van der Waals surface area contributed by atoms with Crippen LogP contribution < -0.4 is 4.90 Å². The van der Waals surface area contributed by atoms with E-state index in [1.165, 1.54) is 12.7 Å². The van der Waals surface area contributed by atoms with Crippen LogP contribution in [0.3, 0.4) is 0 Å². The number of aliphatic hydroxyl groups excluding tert-OH is 1. The van der Waals surface area contributed by atoms with Crippen LogP contribution in [0.5, 0.6) is 0 Å². The number of nitrogens with zero attached hydrogens (tertiary/aromatic N) is 1. The number of rotatable bonds is 4. The molecule has 1 N–H and O–H groups in total. The zero-order valence-electron chi connectivity index (χ0n) is 9.93. The Labute approximate surface area is 101 Å². The van der Waals surface area contributed by atoms with E-state index in [0.29, 0.717) is 0 Å². The van der Waals surface area contributed by atoms with Gasteiger partial charge in [-0.05, 0) is 18.1 Å². The molecule has 1 aromatic rings. The average molecular weight is 235 g/mol. The summed E-state index contributed by atoms with van der Waals surface area (Å²) in [6.45, 7) is 0.811. The lowest BCUT2D eigenvalue weighted by Crippen LogP contribution is -2.38. The Bertz CT molecular complexity index is 405. The van der Waals surface area contributed by atoms with E-state index in [-0.39, 0.29) is 25.0 Å². The zero-order valence-corrected chi connectivity index (χ0v) is 9.93. The van der Waals surface area contributed by atoms with Crippen molar-refractivity contribution in [3.63, 3.8) is 0 Å². The van der Waals surface area contributed by atoms with Gasteiger partial charge >= 0.3 is 5.97 Å². The molecule has 4 nitrogen and oxygen atoms in total.